The zero-order chi connectivity index (χ0) is 35.0. The summed E-state index contributed by atoms with van der Waals surface area (Å²) in [4.78, 5) is 46.5. The molecule has 6 rings (SSSR count). The van der Waals surface area contributed by atoms with E-state index in [2.05, 4.69) is 21.6 Å². The minimum atomic E-state index is -0.752. The van der Waals surface area contributed by atoms with Crippen molar-refractivity contribution in [1.82, 2.24) is 25.3 Å². The highest BCUT2D eigenvalue weighted by atomic mass is 35.5. The highest BCUT2D eigenvalue weighted by Gasteiger charge is 2.34. The van der Waals surface area contributed by atoms with Crippen molar-refractivity contribution >= 4 is 29.3 Å². The number of nitrogens with one attached hydrogen (secondary N) is 2. The standard InChI is InChI=1S/C40H49ClFN5O3/c1-28(48)47(26-30-9-3-2-4-10-30)27-38(34-13-7-8-14-35(34)42)45-19-21-46(22-20-45)40(50)37(23-29-15-17-32(41)18-16-29)44-39(49)24-36-33-12-6-5-11-31(33)25-43-36/h5-8,11-18,30,36-38,43H,2-4,9-10,19-27H2,1H3,(H,44,49)/t36?,37-,38?/m1/s1. The van der Waals surface area contributed by atoms with Crippen molar-refractivity contribution in [3.8, 4) is 0 Å². The van der Waals surface area contributed by atoms with Crippen molar-refractivity contribution < 1.29 is 18.8 Å². The first kappa shape index (κ1) is 36.0. The summed E-state index contributed by atoms with van der Waals surface area (Å²) < 4.78 is 15.3. The molecule has 1 aliphatic carbocycles. The van der Waals surface area contributed by atoms with Gasteiger partial charge in [0, 0.05) is 82.2 Å². The van der Waals surface area contributed by atoms with Crippen LogP contribution in [0.2, 0.25) is 5.02 Å². The fourth-order valence-electron chi connectivity index (χ4n) is 7.91. The van der Waals surface area contributed by atoms with Crippen molar-refractivity contribution in [3.05, 3.63) is 106 Å². The molecule has 3 aromatic carbocycles. The minimum absolute atomic E-state index is 0.00259. The molecule has 3 aliphatic rings. The van der Waals surface area contributed by atoms with E-state index in [0.29, 0.717) is 68.7 Å². The first-order valence-corrected chi connectivity index (χ1v) is 18.5. The van der Waals surface area contributed by atoms with Gasteiger partial charge in [-0.15, -0.1) is 0 Å². The Morgan fingerprint density at radius 2 is 1.64 bits per heavy atom. The maximum absolute atomic E-state index is 15.3. The Hall–Kier alpha value is -3.79. The smallest absolute Gasteiger partial charge is 0.245 e. The second-order valence-corrected chi connectivity index (χ2v) is 14.6. The molecule has 266 valence electrons. The Labute approximate surface area is 300 Å². The zero-order valence-corrected chi connectivity index (χ0v) is 29.7. The lowest BCUT2D eigenvalue weighted by atomic mass is 9.88. The molecule has 2 heterocycles. The van der Waals surface area contributed by atoms with Crippen molar-refractivity contribution in [2.75, 3.05) is 39.3 Å². The molecule has 3 amide bonds. The molecule has 0 radical (unpaired) electrons. The lowest BCUT2D eigenvalue weighted by molar-refractivity contribution is -0.138. The molecule has 3 atom stereocenters. The van der Waals surface area contributed by atoms with Gasteiger partial charge in [0.2, 0.25) is 17.7 Å². The van der Waals surface area contributed by atoms with Crippen LogP contribution in [-0.4, -0.2) is 77.7 Å². The Balaban J connectivity index is 1.14. The van der Waals surface area contributed by atoms with Crippen LogP contribution in [0.4, 0.5) is 4.39 Å². The zero-order valence-electron chi connectivity index (χ0n) is 29.0. The molecule has 2 fully saturated rings. The predicted octanol–water partition coefficient (Wildman–Crippen LogP) is 6.06. The van der Waals surface area contributed by atoms with Gasteiger partial charge in [0.25, 0.3) is 0 Å². The van der Waals surface area contributed by atoms with Gasteiger partial charge in [-0.1, -0.05) is 85.5 Å². The molecule has 10 heteroatoms. The summed E-state index contributed by atoms with van der Waals surface area (Å²) in [6.07, 6.45) is 6.42. The second-order valence-electron chi connectivity index (χ2n) is 14.1. The number of piperazine rings is 1. The van der Waals surface area contributed by atoms with Crippen LogP contribution in [0, 0.1) is 11.7 Å². The summed E-state index contributed by atoms with van der Waals surface area (Å²) in [6.45, 7) is 5.29. The molecule has 1 saturated carbocycles. The lowest BCUT2D eigenvalue weighted by Gasteiger charge is -2.42. The number of halogens is 2. The second kappa shape index (κ2) is 16.9. The number of carbonyl (C=O) groups is 3. The van der Waals surface area contributed by atoms with Gasteiger partial charge in [-0.25, -0.2) is 4.39 Å². The van der Waals surface area contributed by atoms with Gasteiger partial charge < -0.3 is 20.4 Å². The van der Waals surface area contributed by atoms with E-state index in [4.69, 9.17) is 11.6 Å². The van der Waals surface area contributed by atoms with Gasteiger partial charge in [-0.3, -0.25) is 19.3 Å². The van der Waals surface area contributed by atoms with Gasteiger partial charge in [0.15, 0.2) is 0 Å². The van der Waals surface area contributed by atoms with E-state index in [0.717, 1.165) is 24.0 Å². The van der Waals surface area contributed by atoms with E-state index >= 15 is 4.39 Å². The minimum Gasteiger partial charge on any atom is -0.344 e. The average Bonchev–Trinajstić information content (AvgIpc) is 3.53. The maximum atomic E-state index is 15.3. The molecule has 50 heavy (non-hydrogen) atoms. The Kier molecular flexibility index (Phi) is 12.2. The van der Waals surface area contributed by atoms with Crippen molar-refractivity contribution in [1.29, 1.82) is 0 Å². The van der Waals surface area contributed by atoms with Crippen molar-refractivity contribution in [2.24, 2.45) is 5.92 Å². The fourth-order valence-corrected chi connectivity index (χ4v) is 8.03. The van der Waals surface area contributed by atoms with Crippen LogP contribution in [0.15, 0.2) is 72.8 Å². The van der Waals surface area contributed by atoms with Crippen LogP contribution in [0.1, 0.15) is 79.8 Å². The highest BCUT2D eigenvalue weighted by Crippen LogP contribution is 2.30. The third-order valence-electron chi connectivity index (χ3n) is 10.7. The molecule has 2 N–H and O–H groups in total. The molecule has 8 nitrogen and oxygen atoms in total. The average molecular weight is 702 g/mol. The number of rotatable bonds is 12. The predicted molar refractivity (Wildman–Crippen MR) is 194 cm³/mol. The van der Waals surface area contributed by atoms with Crippen molar-refractivity contribution in [3.63, 3.8) is 0 Å². The number of amides is 3. The number of hydrogen-bond donors (Lipinski definition) is 2. The molecule has 0 aromatic heterocycles. The van der Waals surface area contributed by atoms with Crippen molar-refractivity contribution in [2.45, 2.75) is 76.5 Å². The fraction of sp³-hybridized carbons (Fsp3) is 0.475. The monoisotopic (exact) mass is 701 g/mol. The number of benzene rings is 3. The summed E-state index contributed by atoms with van der Waals surface area (Å²) in [7, 11) is 0. The first-order chi connectivity index (χ1) is 24.2. The number of hydrogen-bond acceptors (Lipinski definition) is 5. The SMILES string of the molecule is CC(=O)N(CC1CCCCC1)CC(c1ccccc1F)N1CCN(C(=O)[C@@H](Cc2ccc(Cl)cc2)NC(=O)CC2NCc3ccccc32)CC1. The third kappa shape index (κ3) is 9.11. The number of fused-ring (bicyclic) bond motifs is 1. The van der Waals surface area contributed by atoms with Gasteiger partial charge in [0.1, 0.15) is 11.9 Å². The Morgan fingerprint density at radius 3 is 2.36 bits per heavy atom. The quantitative estimate of drug-likeness (QED) is 0.240. The van der Waals surface area contributed by atoms with Gasteiger partial charge in [-0.2, -0.15) is 0 Å². The molecule has 2 aliphatic heterocycles. The van der Waals surface area contributed by atoms with Crippen LogP contribution in [0.3, 0.4) is 0 Å². The summed E-state index contributed by atoms with van der Waals surface area (Å²) in [6, 6.07) is 21.1. The first-order valence-electron chi connectivity index (χ1n) is 18.1. The van der Waals surface area contributed by atoms with Crippen LogP contribution in [0.25, 0.3) is 0 Å². The number of carbonyl (C=O) groups excluding carboxylic acids is 3. The number of nitrogens with zero attached hydrogens (tertiary/aromatic N) is 3. The Morgan fingerprint density at radius 1 is 0.940 bits per heavy atom. The van der Waals surface area contributed by atoms with E-state index in [1.807, 2.05) is 52.3 Å². The molecule has 2 unspecified atom stereocenters. The van der Waals surface area contributed by atoms with Crippen LogP contribution < -0.4 is 10.6 Å². The third-order valence-corrected chi connectivity index (χ3v) is 11.0. The van der Waals surface area contributed by atoms with E-state index in [9.17, 15) is 14.4 Å². The van der Waals surface area contributed by atoms with Gasteiger partial charge in [-0.05, 0) is 53.6 Å². The van der Waals surface area contributed by atoms with Gasteiger partial charge >= 0.3 is 0 Å². The van der Waals surface area contributed by atoms with Crippen LogP contribution in [-0.2, 0) is 27.3 Å². The largest absolute Gasteiger partial charge is 0.344 e. The summed E-state index contributed by atoms with van der Waals surface area (Å²) >= 11 is 6.14. The molecule has 1 saturated heterocycles. The van der Waals surface area contributed by atoms with E-state index in [1.165, 1.54) is 30.9 Å². The summed E-state index contributed by atoms with van der Waals surface area (Å²) in [5.41, 5.74) is 3.77. The maximum Gasteiger partial charge on any atom is 0.245 e. The molecular formula is C40H49ClFN5O3. The van der Waals surface area contributed by atoms with E-state index in [-0.39, 0.29) is 42.0 Å². The van der Waals surface area contributed by atoms with Crippen LogP contribution in [0.5, 0.6) is 0 Å². The molecule has 3 aromatic rings. The summed E-state index contributed by atoms with van der Waals surface area (Å²) in [5.74, 6) is -0.148. The van der Waals surface area contributed by atoms with Crippen LogP contribution >= 0.6 is 11.6 Å². The van der Waals surface area contributed by atoms with E-state index in [1.54, 1.807) is 25.1 Å². The highest BCUT2D eigenvalue weighted by molar-refractivity contribution is 6.30. The topological polar surface area (TPSA) is 85.0 Å². The molecule has 0 bridgehead atoms. The Bertz CT molecular complexity index is 1620. The summed E-state index contributed by atoms with van der Waals surface area (Å²) in [5, 5.41) is 7.10. The molecular weight excluding hydrogens is 653 g/mol. The lowest BCUT2D eigenvalue weighted by Crippen LogP contribution is -2.57. The van der Waals surface area contributed by atoms with E-state index < -0.39 is 6.04 Å². The normalized spacial score (nSPS) is 19.4. The molecule has 0 spiro atoms. The van der Waals surface area contributed by atoms with Gasteiger partial charge in [0.05, 0.1) is 6.04 Å².